The molecule has 0 aromatic heterocycles. The second-order valence-electron chi connectivity index (χ2n) is 4.93. The van der Waals surface area contributed by atoms with Crippen LogP contribution in [0.5, 0.6) is 0 Å². The van der Waals surface area contributed by atoms with E-state index in [-0.39, 0.29) is 11.8 Å². The second kappa shape index (κ2) is 6.36. The third-order valence-electron chi connectivity index (χ3n) is 3.36. The number of anilines is 1. The SMILES string of the molecule is CC(=O)Nc1ccccc1C(=O)N1CCCCCC1. The third-order valence-corrected chi connectivity index (χ3v) is 3.36. The van der Waals surface area contributed by atoms with E-state index in [9.17, 15) is 9.59 Å². The Hall–Kier alpha value is -1.84. The van der Waals surface area contributed by atoms with Crippen molar-refractivity contribution in [3.63, 3.8) is 0 Å². The molecule has 4 nitrogen and oxygen atoms in total. The molecule has 0 radical (unpaired) electrons. The first-order valence-corrected chi connectivity index (χ1v) is 6.84. The van der Waals surface area contributed by atoms with Gasteiger partial charge in [-0.1, -0.05) is 25.0 Å². The van der Waals surface area contributed by atoms with Crippen LogP contribution in [-0.2, 0) is 4.79 Å². The van der Waals surface area contributed by atoms with Gasteiger partial charge in [0.05, 0.1) is 11.3 Å². The van der Waals surface area contributed by atoms with Gasteiger partial charge in [-0.05, 0) is 25.0 Å². The Balaban J connectivity index is 2.19. The molecule has 1 saturated heterocycles. The summed E-state index contributed by atoms with van der Waals surface area (Å²) in [6.07, 6.45) is 4.51. The Morgan fingerprint density at radius 1 is 1.05 bits per heavy atom. The monoisotopic (exact) mass is 260 g/mol. The summed E-state index contributed by atoms with van der Waals surface area (Å²) in [5.41, 5.74) is 1.18. The Morgan fingerprint density at radius 2 is 1.68 bits per heavy atom. The molecule has 1 N–H and O–H groups in total. The first kappa shape index (κ1) is 13.6. The standard InChI is InChI=1S/C15H20N2O2/c1-12(18)16-14-9-5-4-8-13(14)15(19)17-10-6-2-3-7-11-17/h4-5,8-9H,2-3,6-7,10-11H2,1H3,(H,16,18). The fourth-order valence-electron chi connectivity index (χ4n) is 2.41. The number of amides is 2. The highest BCUT2D eigenvalue weighted by Gasteiger charge is 2.19. The molecule has 1 aliphatic rings. The van der Waals surface area contributed by atoms with E-state index in [1.165, 1.54) is 19.8 Å². The molecule has 1 aromatic carbocycles. The number of para-hydroxylation sites is 1. The predicted octanol–water partition coefficient (Wildman–Crippen LogP) is 2.66. The summed E-state index contributed by atoms with van der Waals surface area (Å²) < 4.78 is 0. The van der Waals surface area contributed by atoms with Gasteiger partial charge in [-0.25, -0.2) is 0 Å². The number of hydrogen-bond donors (Lipinski definition) is 1. The molecular weight excluding hydrogens is 240 g/mol. The van der Waals surface area contributed by atoms with Crippen molar-refractivity contribution in [2.45, 2.75) is 32.6 Å². The number of hydrogen-bond acceptors (Lipinski definition) is 2. The van der Waals surface area contributed by atoms with E-state index in [1.54, 1.807) is 12.1 Å². The molecule has 0 aliphatic carbocycles. The summed E-state index contributed by atoms with van der Waals surface area (Å²) in [7, 11) is 0. The minimum atomic E-state index is -0.156. The van der Waals surface area contributed by atoms with Crippen molar-refractivity contribution in [3.05, 3.63) is 29.8 Å². The largest absolute Gasteiger partial charge is 0.339 e. The molecule has 1 aliphatic heterocycles. The molecule has 0 saturated carbocycles. The van der Waals surface area contributed by atoms with Crippen LogP contribution in [0, 0.1) is 0 Å². The van der Waals surface area contributed by atoms with Crippen LogP contribution >= 0.6 is 0 Å². The molecule has 102 valence electrons. The van der Waals surface area contributed by atoms with Crippen molar-refractivity contribution in [1.29, 1.82) is 0 Å². The van der Waals surface area contributed by atoms with E-state index in [4.69, 9.17) is 0 Å². The molecule has 0 unspecified atom stereocenters. The van der Waals surface area contributed by atoms with Crippen LogP contribution in [-0.4, -0.2) is 29.8 Å². The lowest BCUT2D eigenvalue weighted by Crippen LogP contribution is -2.32. The van der Waals surface area contributed by atoms with Gasteiger partial charge in [-0.15, -0.1) is 0 Å². The Kier molecular flexibility index (Phi) is 4.55. The van der Waals surface area contributed by atoms with Gasteiger partial charge >= 0.3 is 0 Å². The summed E-state index contributed by atoms with van der Waals surface area (Å²) >= 11 is 0. The highest BCUT2D eigenvalue weighted by Crippen LogP contribution is 2.19. The summed E-state index contributed by atoms with van der Waals surface area (Å²) in [6, 6.07) is 7.20. The molecule has 2 rings (SSSR count). The van der Waals surface area contributed by atoms with Crippen LogP contribution < -0.4 is 5.32 Å². The van der Waals surface area contributed by atoms with Crippen molar-refractivity contribution in [2.24, 2.45) is 0 Å². The van der Waals surface area contributed by atoms with Crippen molar-refractivity contribution in [2.75, 3.05) is 18.4 Å². The molecular formula is C15H20N2O2. The summed E-state index contributed by atoms with van der Waals surface area (Å²) in [5, 5.41) is 2.72. The van der Waals surface area contributed by atoms with E-state index >= 15 is 0 Å². The van der Waals surface area contributed by atoms with Crippen molar-refractivity contribution >= 4 is 17.5 Å². The molecule has 0 bridgehead atoms. The number of rotatable bonds is 2. The van der Waals surface area contributed by atoms with Gasteiger partial charge in [0.2, 0.25) is 5.91 Å². The molecule has 1 heterocycles. The number of carbonyl (C=O) groups excluding carboxylic acids is 2. The third kappa shape index (κ3) is 3.56. The molecule has 1 aromatic rings. The minimum Gasteiger partial charge on any atom is -0.339 e. The lowest BCUT2D eigenvalue weighted by atomic mass is 10.1. The van der Waals surface area contributed by atoms with E-state index in [1.807, 2.05) is 17.0 Å². The van der Waals surface area contributed by atoms with E-state index in [0.717, 1.165) is 25.9 Å². The van der Waals surface area contributed by atoms with Gasteiger partial charge in [0.15, 0.2) is 0 Å². The van der Waals surface area contributed by atoms with Gasteiger partial charge < -0.3 is 10.2 Å². The predicted molar refractivity (Wildman–Crippen MR) is 75.1 cm³/mol. The molecule has 2 amide bonds. The van der Waals surface area contributed by atoms with Gasteiger partial charge in [0, 0.05) is 20.0 Å². The first-order valence-electron chi connectivity index (χ1n) is 6.84. The average Bonchev–Trinajstić information content (AvgIpc) is 2.67. The smallest absolute Gasteiger partial charge is 0.255 e. The lowest BCUT2D eigenvalue weighted by Gasteiger charge is -2.21. The summed E-state index contributed by atoms with van der Waals surface area (Å²) in [5.74, 6) is -0.137. The fourth-order valence-corrected chi connectivity index (χ4v) is 2.41. The van der Waals surface area contributed by atoms with Gasteiger partial charge in [0.1, 0.15) is 0 Å². The van der Waals surface area contributed by atoms with Crippen molar-refractivity contribution in [1.82, 2.24) is 4.90 Å². The number of likely N-dealkylation sites (tertiary alicyclic amines) is 1. The van der Waals surface area contributed by atoms with E-state index in [0.29, 0.717) is 11.3 Å². The zero-order chi connectivity index (χ0) is 13.7. The number of benzene rings is 1. The van der Waals surface area contributed by atoms with Crippen molar-refractivity contribution < 1.29 is 9.59 Å². The van der Waals surface area contributed by atoms with Crippen LogP contribution in [0.1, 0.15) is 43.0 Å². The fraction of sp³-hybridized carbons (Fsp3) is 0.467. The normalized spacial score (nSPS) is 15.7. The molecule has 1 fully saturated rings. The summed E-state index contributed by atoms with van der Waals surface area (Å²) in [4.78, 5) is 25.6. The molecule has 4 heteroatoms. The lowest BCUT2D eigenvalue weighted by molar-refractivity contribution is -0.114. The van der Waals surface area contributed by atoms with Gasteiger partial charge in [-0.2, -0.15) is 0 Å². The average molecular weight is 260 g/mol. The quantitative estimate of drug-likeness (QED) is 0.888. The maximum absolute atomic E-state index is 12.5. The molecule has 0 atom stereocenters. The molecule has 19 heavy (non-hydrogen) atoms. The second-order valence-corrected chi connectivity index (χ2v) is 4.93. The minimum absolute atomic E-state index is 0.0197. The van der Waals surface area contributed by atoms with Crippen LogP contribution in [0.4, 0.5) is 5.69 Å². The Morgan fingerprint density at radius 3 is 2.32 bits per heavy atom. The first-order chi connectivity index (χ1) is 9.18. The van der Waals surface area contributed by atoms with Crippen LogP contribution in [0.3, 0.4) is 0 Å². The Labute approximate surface area is 113 Å². The van der Waals surface area contributed by atoms with Gasteiger partial charge in [0.25, 0.3) is 5.91 Å². The van der Waals surface area contributed by atoms with E-state index in [2.05, 4.69) is 5.32 Å². The molecule has 0 spiro atoms. The highest BCUT2D eigenvalue weighted by molar-refractivity contribution is 6.03. The zero-order valence-corrected chi connectivity index (χ0v) is 11.3. The van der Waals surface area contributed by atoms with Crippen LogP contribution in [0.15, 0.2) is 24.3 Å². The number of nitrogens with one attached hydrogen (secondary N) is 1. The van der Waals surface area contributed by atoms with Crippen LogP contribution in [0.2, 0.25) is 0 Å². The van der Waals surface area contributed by atoms with Gasteiger partial charge in [-0.3, -0.25) is 9.59 Å². The maximum Gasteiger partial charge on any atom is 0.255 e. The number of nitrogens with zero attached hydrogens (tertiary/aromatic N) is 1. The zero-order valence-electron chi connectivity index (χ0n) is 11.3. The number of carbonyl (C=O) groups is 2. The summed E-state index contributed by atoms with van der Waals surface area (Å²) in [6.45, 7) is 3.08. The Bertz CT molecular complexity index is 463. The van der Waals surface area contributed by atoms with Crippen LogP contribution in [0.25, 0.3) is 0 Å². The highest BCUT2D eigenvalue weighted by atomic mass is 16.2. The van der Waals surface area contributed by atoms with E-state index < -0.39 is 0 Å². The van der Waals surface area contributed by atoms with Crippen molar-refractivity contribution in [3.8, 4) is 0 Å². The maximum atomic E-state index is 12.5. The topological polar surface area (TPSA) is 49.4 Å².